The fourth-order valence-corrected chi connectivity index (χ4v) is 3.19. The fourth-order valence-electron chi connectivity index (χ4n) is 3.02. The van der Waals surface area contributed by atoms with Gasteiger partial charge < -0.3 is 24.6 Å². The monoisotopic (exact) mass is 425 g/mol. The molecule has 3 rings (SSSR count). The van der Waals surface area contributed by atoms with Crippen molar-refractivity contribution in [2.75, 3.05) is 43.6 Å². The van der Waals surface area contributed by atoms with Gasteiger partial charge in [-0.2, -0.15) is 8.78 Å². The molecule has 1 saturated heterocycles. The van der Waals surface area contributed by atoms with Crippen molar-refractivity contribution in [1.29, 1.82) is 0 Å². The summed E-state index contributed by atoms with van der Waals surface area (Å²) in [7, 11) is 1.65. The maximum Gasteiger partial charge on any atom is 0.387 e. The number of alkyl halides is 2. The number of benzene rings is 2. The molecule has 0 aliphatic carbocycles. The Morgan fingerprint density at radius 1 is 1.24 bits per heavy atom. The molecule has 1 heterocycles. The number of nitrogens with zero attached hydrogens (tertiary/aromatic N) is 2. The van der Waals surface area contributed by atoms with E-state index in [1.807, 2.05) is 6.07 Å². The quantitative estimate of drug-likeness (QED) is 0.743. The third-order valence-corrected chi connectivity index (χ3v) is 4.70. The summed E-state index contributed by atoms with van der Waals surface area (Å²) in [6.07, 6.45) is 0. The number of nitrogens with one attached hydrogen (secondary N) is 1. The number of rotatable bonds is 6. The van der Waals surface area contributed by atoms with Crippen LogP contribution in [0.1, 0.15) is 5.56 Å². The zero-order valence-electron chi connectivity index (χ0n) is 15.9. The molecule has 2 aromatic carbocycles. The second-order valence-corrected chi connectivity index (χ2v) is 7.01. The molecule has 0 saturated carbocycles. The topological polar surface area (TPSA) is 54.0 Å². The van der Waals surface area contributed by atoms with E-state index in [9.17, 15) is 13.6 Å². The van der Waals surface area contributed by atoms with E-state index in [0.717, 1.165) is 24.3 Å². The van der Waals surface area contributed by atoms with Crippen molar-refractivity contribution in [2.45, 2.75) is 13.2 Å². The number of halogens is 3. The predicted molar refractivity (Wildman–Crippen MR) is 108 cm³/mol. The van der Waals surface area contributed by atoms with Gasteiger partial charge in [0.2, 0.25) is 0 Å². The molecule has 0 atom stereocenters. The van der Waals surface area contributed by atoms with E-state index in [-0.39, 0.29) is 11.8 Å². The van der Waals surface area contributed by atoms with E-state index in [1.165, 1.54) is 17.0 Å². The van der Waals surface area contributed by atoms with Crippen LogP contribution in [-0.4, -0.2) is 50.9 Å². The van der Waals surface area contributed by atoms with Crippen LogP contribution in [0.2, 0.25) is 5.02 Å². The van der Waals surface area contributed by atoms with Crippen molar-refractivity contribution in [3.8, 4) is 5.75 Å². The highest BCUT2D eigenvalue weighted by atomic mass is 35.5. The fraction of sp³-hybridized carbons (Fsp3) is 0.350. The van der Waals surface area contributed by atoms with E-state index < -0.39 is 6.61 Å². The van der Waals surface area contributed by atoms with Crippen molar-refractivity contribution in [1.82, 2.24) is 4.90 Å². The molecule has 0 aromatic heterocycles. The number of urea groups is 1. The van der Waals surface area contributed by atoms with E-state index in [0.29, 0.717) is 30.5 Å². The van der Waals surface area contributed by atoms with Gasteiger partial charge in [0.05, 0.1) is 24.6 Å². The first-order valence-corrected chi connectivity index (χ1v) is 9.48. The minimum absolute atomic E-state index is 0.0740. The normalized spacial score (nSPS) is 14.0. The van der Waals surface area contributed by atoms with E-state index in [2.05, 4.69) is 15.0 Å². The molecule has 9 heteroatoms. The summed E-state index contributed by atoms with van der Waals surface area (Å²) in [4.78, 5) is 16.3. The lowest BCUT2D eigenvalue weighted by Crippen LogP contribution is -2.37. The van der Waals surface area contributed by atoms with Crippen molar-refractivity contribution in [3.63, 3.8) is 0 Å². The van der Waals surface area contributed by atoms with Gasteiger partial charge in [-0.05, 0) is 35.9 Å². The maximum absolute atomic E-state index is 12.7. The minimum Gasteiger partial charge on any atom is -0.435 e. The van der Waals surface area contributed by atoms with Crippen LogP contribution in [0.25, 0.3) is 0 Å². The van der Waals surface area contributed by atoms with Crippen LogP contribution in [-0.2, 0) is 11.3 Å². The van der Waals surface area contributed by atoms with Gasteiger partial charge in [-0.1, -0.05) is 23.7 Å². The van der Waals surface area contributed by atoms with Crippen LogP contribution in [0, 0.1) is 0 Å². The molecule has 2 amide bonds. The van der Waals surface area contributed by atoms with Crippen LogP contribution >= 0.6 is 11.6 Å². The van der Waals surface area contributed by atoms with Crippen LogP contribution in [0.5, 0.6) is 5.75 Å². The molecule has 0 bridgehead atoms. The summed E-state index contributed by atoms with van der Waals surface area (Å²) in [6.45, 7) is 0.143. The standard InChI is InChI=1S/C20H22ClF2N3O3/c1-25(13-14-2-5-16(6-3-14)29-19(22)23)20(27)24-17-12-15(21)4-7-18(17)26-8-10-28-11-9-26/h2-7,12,19H,8-11,13H2,1H3,(H,24,27). The number of ether oxygens (including phenoxy) is 2. The Balaban J connectivity index is 1.65. The highest BCUT2D eigenvalue weighted by Gasteiger charge is 2.18. The molecule has 1 aliphatic heterocycles. The van der Waals surface area contributed by atoms with Crippen molar-refractivity contribution in [3.05, 3.63) is 53.1 Å². The summed E-state index contributed by atoms with van der Waals surface area (Å²) < 4.78 is 34.2. The maximum atomic E-state index is 12.7. The van der Waals surface area contributed by atoms with Crippen LogP contribution in [0.15, 0.2) is 42.5 Å². The number of amides is 2. The number of hydrogen-bond donors (Lipinski definition) is 1. The van der Waals surface area contributed by atoms with E-state index in [1.54, 1.807) is 31.3 Å². The van der Waals surface area contributed by atoms with Gasteiger partial charge in [0.25, 0.3) is 0 Å². The first-order valence-electron chi connectivity index (χ1n) is 9.10. The van der Waals surface area contributed by atoms with Gasteiger partial charge in [0, 0.05) is 31.7 Å². The van der Waals surface area contributed by atoms with Gasteiger partial charge in [-0.15, -0.1) is 0 Å². The molecule has 6 nitrogen and oxygen atoms in total. The summed E-state index contributed by atoms with van der Waals surface area (Å²) in [5, 5.41) is 3.43. The highest BCUT2D eigenvalue weighted by molar-refractivity contribution is 6.31. The van der Waals surface area contributed by atoms with E-state index in [4.69, 9.17) is 16.3 Å². The number of carbonyl (C=O) groups excluding carboxylic acids is 1. The molecular weight excluding hydrogens is 404 g/mol. The van der Waals surface area contributed by atoms with Crippen molar-refractivity contribution < 1.29 is 23.0 Å². The average molecular weight is 426 g/mol. The molecular formula is C20H22ClF2N3O3. The Kier molecular flexibility index (Phi) is 7.11. The Bertz CT molecular complexity index is 830. The number of hydrogen-bond acceptors (Lipinski definition) is 4. The molecule has 1 N–H and O–H groups in total. The third-order valence-electron chi connectivity index (χ3n) is 4.47. The van der Waals surface area contributed by atoms with Crippen molar-refractivity contribution in [2.24, 2.45) is 0 Å². The Morgan fingerprint density at radius 3 is 2.59 bits per heavy atom. The van der Waals surface area contributed by atoms with Crippen LogP contribution < -0.4 is 15.0 Å². The smallest absolute Gasteiger partial charge is 0.387 e. The predicted octanol–water partition coefficient (Wildman–Crippen LogP) is 4.44. The number of morpholine rings is 1. The van der Waals surface area contributed by atoms with Gasteiger partial charge in [0.15, 0.2) is 0 Å². The molecule has 0 radical (unpaired) electrons. The van der Waals surface area contributed by atoms with Gasteiger partial charge >= 0.3 is 12.6 Å². The van der Waals surface area contributed by atoms with Gasteiger partial charge in [0.1, 0.15) is 5.75 Å². The lowest BCUT2D eigenvalue weighted by Gasteiger charge is -2.31. The highest BCUT2D eigenvalue weighted by Crippen LogP contribution is 2.30. The molecule has 2 aromatic rings. The van der Waals surface area contributed by atoms with Gasteiger partial charge in [-0.3, -0.25) is 0 Å². The SMILES string of the molecule is CN(Cc1ccc(OC(F)F)cc1)C(=O)Nc1cc(Cl)ccc1N1CCOCC1. The molecule has 0 unspecified atom stereocenters. The van der Waals surface area contributed by atoms with E-state index >= 15 is 0 Å². The summed E-state index contributed by atoms with van der Waals surface area (Å²) in [6, 6.07) is 11.2. The first-order chi connectivity index (χ1) is 13.9. The zero-order valence-corrected chi connectivity index (χ0v) is 16.7. The second kappa shape index (κ2) is 9.76. The molecule has 156 valence electrons. The molecule has 29 heavy (non-hydrogen) atoms. The largest absolute Gasteiger partial charge is 0.435 e. The molecule has 0 spiro atoms. The lowest BCUT2D eigenvalue weighted by molar-refractivity contribution is -0.0498. The van der Waals surface area contributed by atoms with Gasteiger partial charge in [-0.25, -0.2) is 4.79 Å². The zero-order chi connectivity index (χ0) is 20.8. The Morgan fingerprint density at radius 2 is 1.93 bits per heavy atom. The molecule has 1 fully saturated rings. The van der Waals surface area contributed by atoms with Crippen LogP contribution in [0.3, 0.4) is 0 Å². The summed E-state index contributed by atoms with van der Waals surface area (Å²) >= 11 is 6.13. The average Bonchev–Trinajstić information content (AvgIpc) is 2.70. The Hall–Kier alpha value is -2.58. The third kappa shape index (κ3) is 5.95. The van der Waals surface area contributed by atoms with Crippen LogP contribution in [0.4, 0.5) is 25.0 Å². The number of carbonyl (C=O) groups is 1. The number of anilines is 2. The second-order valence-electron chi connectivity index (χ2n) is 6.57. The molecule has 1 aliphatic rings. The van der Waals surface area contributed by atoms with Crippen molar-refractivity contribution >= 4 is 29.0 Å². The minimum atomic E-state index is -2.87. The summed E-state index contributed by atoms with van der Waals surface area (Å²) in [5.74, 6) is 0.0740. The Labute approximate surface area is 172 Å². The lowest BCUT2D eigenvalue weighted by atomic mass is 10.2. The first kappa shape index (κ1) is 21.1. The summed E-state index contributed by atoms with van der Waals surface area (Å²) in [5.41, 5.74) is 2.29.